The van der Waals surface area contributed by atoms with Crippen molar-refractivity contribution in [3.8, 4) is 23.1 Å². The molecule has 0 saturated heterocycles. The number of anilines is 1. The van der Waals surface area contributed by atoms with E-state index in [2.05, 4.69) is 26.3 Å². The fraction of sp³-hybridized carbons (Fsp3) is 0.0909. The van der Waals surface area contributed by atoms with Gasteiger partial charge >= 0.3 is 0 Å². The Balaban J connectivity index is 1.36. The monoisotopic (exact) mass is 688 g/mol. The minimum absolute atomic E-state index is 0.0235. The minimum atomic E-state index is -0.596. The molecule has 0 fully saturated rings. The molecule has 1 amide bonds. The topological polar surface area (TPSA) is 108 Å². The molecule has 12 heteroatoms. The van der Waals surface area contributed by atoms with Gasteiger partial charge in [-0.3, -0.25) is 9.59 Å². The molecule has 6 aromatic rings. The standard InChI is InChI=1S/C33H23BrClFN4O5/c1-2-43-26-16-20(29(34)30(35)31(26)44-18-28(41)38-24-13-7-5-11-22(24)36)17-37-40-32(27-15-19-9-3-8-14-25(19)45-27)39-23-12-6-4-10-21(23)33(40)42/h3-17H,2,18H2,1H3,(H,38,41). The number of rotatable bonds is 9. The third-order valence-corrected chi connectivity index (χ3v) is 8.11. The first kappa shape index (κ1) is 30.0. The van der Waals surface area contributed by atoms with Crippen LogP contribution in [0.5, 0.6) is 11.5 Å². The lowest BCUT2D eigenvalue weighted by Crippen LogP contribution is -2.21. The van der Waals surface area contributed by atoms with Gasteiger partial charge in [0.15, 0.2) is 23.9 Å². The highest BCUT2D eigenvalue weighted by Crippen LogP contribution is 2.42. The summed E-state index contributed by atoms with van der Waals surface area (Å²) in [5, 5.41) is 8.29. The molecule has 0 bridgehead atoms. The van der Waals surface area contributed by atoms with E-state index in [-0.39, 0.29) is 34.6 Å². The summed E-state index contributed by atoms with van der Waals surface area (Å²) in [5.74, 6) is -0.276. The second kappa shape index (κ2) is 12.9. The number of halogens is 3. The van der Waals surface area contributed by atoms with Crippen LogP contribution in [-0.2, 0) is 4.79 Å². The van der Waals surface area contributed by atoms with Crippen molar-refractivity contribution in [2.45, 2.75) is 6.92 Å². The zero-order valence-corrected chi connectivity index (χ0v) is 25.9. The summed E-state index contributed by atoms with van der Waals surface area (Å²) in [6, 6.07) is 23.6. The van der Waals surface area contributed by atoms with Crippen LogP contribution in [0.25, 0.3) is 33.5 Å². The zero-order chi connectivity index (χ0) is 31.5. The van der Waals surface area contributed by atoms with Crippen molar-refractivity contribution in [2.24, 2.45) is 5.10 Å². The SMILES string of the molecule is CCOc1cc(C=Nn2c(-c3cc4ccccc4o3)nc3ccccc3c2=O)c(Br)c(Cl)c1OCC(=O)Nc1ccccc1F. The summed E-state index contributed by atoms with van der Waals surface area (Å²) in [4.78, 5) is 30.9. The Morgan fingerprint density at radius 1 is 1.09 bits per heavy atom. The number of hydrogen-bond acceptors (Lipinski definition) is 7. The van der Waals surface area contributed by atoms with E-state index < -0.39 is 23.9 Å². The van der Waals surface area contributed by atoms with Crippen molar-refractivity contribution in [1.29, 1.82) is 0 Å². The molecule has 0 aliphatic heterocycles. The van der Waals surface area contributed by atoms with Gasteiger partial charge in [-0.05, 0) is 65.3 Å². The highest BCUT2D eigenvalue weighted by atomic mass is 79.9. The molecule has 0 aliphatic rings. The van der Waals surface area contributed by atoms with Crippen molar-refractivity contribution >= 4 is 67.2 Å². The second-order valence-electron chi connectivity index (χ2n) is 9.63. The molecule has 226 valence electrons. The molecule has 9 nitrogen and oxygen atoms in total. The largest absolute Gasteiger partial charge is 0.490 e. The van der Waals surface area contributed by atoms with Gasteiger partial charge in [0, 0.05) is 15.4 Å². The van der Waals surface area contributed by atoms with E-state index in [1.54, 1.807) is 49.4 Å². The van der Waals surface area contributed by atoms with Gasteiger partial charge in [0.1, 0.15) is 16.4 Å². The molecule has 0 radical (unpaired) electrons. The van der Waals surface area contributed by atoms with Gasteiger partial charge in [-0.15, -0.1) is 0 Å². The number of furan rings is 1. The molecule has 0 atom stereocenters. The first-order valence-corrected chi connectivity index (χ1v) is 14.9. The smallest absolute Gasteiger partial charge is 0.282 e. The Kier molecular flexibility index (Phi) is 8.63. The number of ether oxygens (including phenoxy) is 2. The number of aromatic nitrogens is 2. The summed E-state index contributed by atoms with van der Waals surface area (Å²) >= 11 is 10.1. The number of hydrogen-bond donors (Lipinski definition) is 1. The van der Waals surface area contributed by atoms with Crippen molar-refractivity contribution < 1.29 is 23.1 Å². The van der Waals surface area contributed by atoms with Crippen LogP contribution >= 0.6 is 27.5 Å². The van der Waals surface area contributed by atoms with Gasteiger partial charge in [-0.25, -0.2) is 9.37 Å². The number of nitrogens with zero attached hydrogens (tertiary/aromatic N) is 3. The summed E-state index contributed by atoms with van der Waals surface area (Å²) < 4.78 is 33.0. The molecule has 45 heavy (non-hydrogen) atoms. The quantitative estimate of drug-likeness (QED) is 0.156. The van der Waals surface area contributed by atoms with Crippen LogP contribution < -0.4 is 20.3 Å². The number of carbonyl (C=O) groups is 1. The molecule has 0 aliphatic carbocycles. The Morgan fingerprint density at radius 3 is 2.64 bits per heavy atom. The number of nitrogens with one attached hydrogen (secondary N) is 1. The first-order valence-electron chi connectivity index (χ1n) is 13.7. The molecule has 1 N–H and O–H groups in total. The molecule has 4 aromatic carbocycles. The molecule has 0 spiro atoms. The molecule has 0 unspecified atom stereocenters. The summed E-state index contributed by atoms with van der Waals surface area (Å²) in [7, 11) is 0. The molecule has 0 saturated carbocycles. The lowest BCUT2D eigenvalue weighted by atomic mass is 10.2. The van der Waals surface area contributed by atoms with Crippen molar-refractivity contribution in [1.82, 2.24) is 9.66 Å². The number of fused-ring (bicyclic) bond motifs is 2. The van der Waals surface area contributed by atoms with E-state index in [0.29, 0.717) is 32.3 Å². The normalized spacial score (nSPS) is 11.4. The number of amides is 1. The van der Waals surface area contributed by atoms with Crippen LogP contribution in [0.4, 0.5) is 10.1 Å². The molecule has 2 aromatic heterocycles. The van der Waals surface area contributed by atoms with E-state index in [0.717, 1.165) is 10.1 Å². The maximum absolute atomic E-state index is 14.0. The van der Waals surface area contributed by atoms with Crippen molar-refractivity contribution in [3.05, 3.63) is 116 Å². The van der Waals surface area contributed by atoms with E-state index in [4.69, 9.17) is 30.5 Å². The maximum Gasteiger partial charge on any atom is 0.282 e. The average molecular weight is 690 g/mol. The Hall–Kier alpha value is -5.00. The Bertz CT molecular complexity index is 2130. The highest BCUT2D eigenvalue weighted by molar-refractivity contribution is 9.10. The summed E-state index contributed by atoms with van der Waals surface area (Å²) in [6.45, 7) is 1.57. The van der Waals surface area contributed by atoms with E-state index in [1.807, 2.05) is 24.3 Å². The van der Waals surface area contributed by atoms with E-state index in [1.165, 1.54) is 24.4 Å². The van der Waals surface area contributed by atoms with Gasteiger partial charge in [-0.2, -0.15) is 9.78 Å². The second-order valence-corrected chi connectivity index (χ2v) is 10.8. The third kappa shape index (κ3) is 6.17. The predicted molar refractivity (Wildman–Crippen MR) is 175 cm³/mol. The fourth-order valence-electron chi connectivity index (χ4n) is 4.58. The number of carbonyl (C=O) groups excluding carboxylic acids is 1. The average Bonchev–Trinajstić information content (AvgIpc) is 3.48. The summed E-state index contributed by atoms with van der Waals surface area (Å²) in [6.07, 6.45) is 1.43. The van der Waals surface area contributed by atoms with Crippen LogP contribution in [0.2, 0.25) is 5.02 Å². The van der Waals surface area contributed by atoms with Crippen LogP contribution in [0.3, 0.4) is 0 Å². The lowest BCUT2D eigenvalue weighted by Gasteiger charge is -2.16. The Labute approximate surface area is 269 Å². The van der Waals surface area contributed by atoms with E-state index >= 15 is 0 Å². The lowest BCUT2D eigenvalue weighted by molar-refractivity contribution is -0.118. The molecular weight excluding hydrogens is 667 g/mol. The van der Waals surface area contributed by atoms with Gasteiger partial charge in [-0.1, -0.05) is 54.1 Å². The van der Waals surface area contributed by atoms with Crippen LogP contribution in [0, 0.1) is 5.82 Å². The summed E-state index contributed by atoms with van der Waals surface area (Å²) in [5.41, 5.74) is 1.20. The number of benzene rings is 4. The maximum atomic E-state index is 14.0. The Morgan fingerprint density at radius 2 is 1.84 bits per heavy atom. The van der Waals surface area contributed by atoms with Gasteiger partial charge in [0.2, 0.25) is 5.82 Å². The third-order valence-electron chi connectivity index (χ3n) is 6.66. The van der Waals surface area contributed by atoms with E-state index in [9.17, 15) is 14.0 Å². The first-order chi connectivity index (χ1) is 21.8. The minimum Gasteiger partial charge on any atom is -0.490 e. The van der Waals surface area contributed by atoms with Crippen LogP contribution in [0.15, 0.2) is 104 Å². The van der Waals surface area contributed by atoms with Crippen LogP contribution in [-0.4, -0.2) is 35.0 Å². The molecular formula is C33H23BrClFN4O5. The van der Waals surface area contributed by atoms with Gasteiger partial charge in [0.25, 0.3) is 11.5 Å². The predicted octanol–water partition coefficient (Wildman–Crippen LogP) is 7.66. The fourth-order valence-corrected chi connectivity index (χ4v) is 5.24. The molecule has 6 rings (SSSR count). The van der Waals surface area contributed by atoms with Crippen LogP contribution in [0.1, 0.15) is 12.5 Å². The van der Waals surface area contributed by atoms with Crippen molar-refractivity contribution in [2.75, 3.05) is 18.5 Å². The number of para-hydroxylation sites is 3. The van der Waals surface area contributed by atoms with Gasteiger partial charge in [0.05, 0.1) is 29.4 Å². The highest BCUT2D eigenvalue weighted by Gasteiger charge is 2.20. The zero-order valence-electron chi connectivity index (χ0n) is 23.6. The van der Waals surface area contributed by atoms with Crippen molar-refractivity contribution in [3.63, 3.8) is 0 Å². The van der Waals surface area contributed by atoms with Gasteiger partial charge < -0.3 is 19.2 Å². The molecule has 2 heterocycles.